The van der Waals surface area contributed by atoms with Crippen molar-refractivity contribution in [3.63, 3.8) is 0 Å². The van der Waals surface area contributed by atoms with E-state index in [4.69, 9.17) is 4.98 Å². The molecule has 0 atom stereocenters. The zero-order valence-electron chi connectivity index (χ0n) is 13.1. The molecule has 0 aliphatic heterocycles. The Morgan fingerprint density at radius 3 is 2.95 bits per heavy atom. The average molecular weight is 295 g/mol. The fourth-order valence-electron chi connectivity index (χ4n) is 3.01. The summed E-state index contributed by atoms with van der Waals surface area (Å²) in [6.45, 7) is 3.74. The van der Waals surface area contributed by atoms with Gasteiger partial charge in [0.05, 0.1) is 24.1 Å². The summed E-state index contributed by atoms with van der Waals surface area (Å²) < 4.78 is 2.32. The SMILES string of the molecule is Cc1cccc2[nH]c(CN(C)Cc3nccn3C3CC3)nc12. The summed E-state index contributed by atoms with van der Waals surface area (Å²) in [4.78, 5) is 14.9. The molecule has 1 saturated carbocycles. The van der Waals surface area contributed by atoms with Gasteiger partial charge in [0.1, 0.15) is 11.6 Å². The molecule has 0 bridgehead atoms. The van der Waals surface area contributed by atoms with E-state index < -0.39 is 0 Å². The minimum Gasteiger partial charge on any atom is -0.341 e. The lowest BCUT2D eigenvalue weighted by Crippen LogP contribution is -2.20. The highest BCUT2D eigenvalue weighted by atomic mass is 15.2. The summed E-state index contributed by atoms with van der Waals surface area (Å²) >= 11 is 0. The predicted octanol–water partition coefficient (Wildman–Crippen LogP) is 3.03. The Labute approximate surface area is 130 Å². The van der Waals surface area contributed by atoms with Crippen LogP contribution in [-0.2, 0) is 13.1 Å². The molecule has 0 amide bonds. The van der Waals surface area contributed by atoms with Crippen molar-refractivity contribution in [1.29, 1.82) is 0 Å². The van der Waals surface area contributed by atoms with E-state index in [1.54, 1.807) is 0 Å². The first-order chi connectivity index (χ1) is 10.7. The van der Waals surface area contributed by atoms with E-state index >= 15 is 0 Å². The molecule has 22 heavy (non-hydrogen) atoms. The molecule has 2 aromatic heterocycles. The van der Waals surface area contributed by atoms with Gasteiger partial charge in [-0.1, -0.05) is 12.1 Å². The van der Waals surface area contributed by atoms with Crippen LogP contribution in [0, 0.1) is 6.92 Å². The number of nitrogens with zero attached hydrogens (tertiary/aromatic N) is 4. The molecule has 1 fully saturated rings. The van der Waals surface area contributed by atoms with E-state index in [9.17, 15) is 0 Å². The Morgan fingerprint density at radius 2 is 2.18 bits per heavy atom. The molecule has 5 heteroatoms. The zero-order chi connectivity index (χ0) is 15.1. The second-order valence-corrected chi connectivity index (χ2v) is 6.31. The van der Waals surface area contributed by atoms with Crippen molar-refractivity contribution in [3.8, 4) is 0 Å². The van der Waals surface area contributed by atoms with Crippen molar-refractivity contribution in [3.05, 3.63) is 47.8 Å². The van der Waals surface area contributed by atoms with Crippen LogP contribution in [0.15, 0.2) is 30.6 Å². The van der Waals surface area contributed by atoms with E-state index in [1.165, 1.54) is 18.4 Å². The first-order valence-corrected chi connectivity index (χ1v) is 7.85. The van der Waals surface area contributed by atoms with Crippen LogP contribution in [0.2, 0.25) is 0 Å². The van der Waals surface area contributed by atoms with Gasteiger partial charge in [0, 0.05) is 18.4 Å². The Hall–Kier alpha value is -2.14. The van der Waals surface area contributed by atoms with E-state index in [1.807, 2.05) is 6.20 Å². The normalized spacial score (nSPS) is 15.0. The van der Waals surface area contributed by atoms with Crippen molar-refractivity contribution in [2.75, 3.05) is 7.05 Å². The van der Waals surface area contributed by atoms with Crippen LogP contribution in [0.5, 0.6) is 0 Å². The zero-order valence-corrected chi connectivity index (χ0v) is 13.1. The molecule has 1 aromatic carbocycles. The summed E-state index contributed by atoms with van der Waals surface area (Å²) in [6, 6.07) is 6.93. The van der Waals surface area contributed by atoms with E-state index in [0.29, 0.717) is 6.04 Å². The molecule has 1 aliphatic rings. The van der Waals surface area contributed by atoms with Crippen molar-refractivity contribution in [2.45, 2.75) is 38.9 Å². The third-order valence-corrected chi connectivity index (χ3v) is 4.28. The van der Waals surface area contributed by atoms with Crippen molar-refractivity contribution in [2.24, 2.45) is 0 Å². The second kappa shape index (κ2) is 5.25. The highest BCUT2D eigenvalue weighted by Gasteiger charge is 2.25. The fourth-order valence-corrected chi connectivity index (χ4v) is 3.01. The molecule has 0 unspecified atom stereocenters. The maximum atomic E-state index is 4.73. The van der Waals surface area contributed by atoms with Crippen molar-refractivity contribution in [1.82, 2.24) is 24.4 Å². The van der Waals surface area contributed by atoms with Crippen LogP contribution in [-0.4, -0.2) is 31.5 Å². The van der Waals surface area contributed by atoms with Crippen LogP contribution >= 0.6 is 0 Å². The van der Waals surface area contributed by atoms with Crippen molar-refractivity contribution < 1.29 is 0 Å². The van der Waals surface area contributed by atoms with Crippen LogP contribution in [0.3, 0.4) is 0 Å². The fraction of sp³-hybridized carbons (Fsp3) is 0.412. The number of hydrogen-bond donors (Lipinski definition) is 1. The number of imidazole rings is 2. The van der Waals surface area contributed by atoms with E-state index in [2.05, 4.69) is 57.8 Å². The summed E-state index contributed by atoms with van der Waals surface area (Å²) in [5.41, 5.74) is 3.40. The Morgan fingerprint density at radius 1 is 1.32 bits per heavy atom. The number of nitrogens with one attached hydrogen (secondary N) is 1. The lowest BCUT2D eigenvalue weighted by atomic mass is 10.2. The summed E-state index contributed by atoms with van der Waals surface area (Å²) in [5, 5.41) is 0. The molecular weight excluding hydrogens is 274 g/mol. The molecular formula is C17H21N5. The molecule has 1 aliphatic carbocycles. The molecule has 0 radical (unpaired) electrons. The molecule has 114 valence electrons. The Kier molecular flexibility index (Phi) is 3.22. The molecule has 0 spiro atoms. The Bertz CT molecular complexity index is 796. The average Bonchev–Trinajstić information content (AvgIpc) is 3.08. The summed E-state index contributed by atoms with van der Waals surface area (Å²) in [7, 11) is 2.12. The van der Waals surface area contributed by atoms with Gasteiger partial charge in [0.15, 0.2) is 0 Å². The van der Waals surface area contributed by atoms with Crippen molar-refractivity contribution >= 4 is 11.0 Å². The quantitative estimate of drug-likeness (QED) is 0.787. The molecule has 3 aromatic rings. The summed E-state index contributed by atoms with van der Waals surface area (Å²) in [6.07, 6.45) is 6.59. The minimum absolute atomic E-state index is 0.680. The highest BCUT2D eigenvalue weighted by molar-refractivity contribution is 5.78. The number of rotatable bonds is 5. The first-order valence-electron chi connectivity index (χ1n) is 7.85. The largest absolute Gasteiger partial charge is 0.341 e. The van der Waals surface area contributed by atoms with Crippen LogP contribution in [0.1, 0.15) is 36.1 Å². The van der Waals surface area contributed by atoms with Gasteiger partial charge in [-0.3, -0.25) is 4.90 Å². The lowest BCUT2D eigenvalue weighted by Gasteiger charge is -2.15. The van der Waals surface area contributed by atoms with Crippen LogP contribution in [0.4, 0.5) is 0 Å². The molecule has 0 saturated heterocycles. The number of hydrogen-bond acceptors (Lipinski definition) is 3. The number of fused-ring (bicyclic) bond motifs is 1. The Balaban J connectivity index is 1.49. The van der Waals surface area contributed by atoms with Gasteiger partial charge in [0.25, 0.3) is 0 Å². The number of aromatic nitrogens is 4. The smallest absolute Gasteiger partial charge is 0.123 e. The maximum Gasteiger partial charge on any atom is 0.123 e. The number of benzene rings is 1. The monoisotopic (exact) mass is 295 g/mol. The molecule has 1 N–H and O–H groups in total. The molecule has 4 rings (SSSR count). The van der Waals surface area contributed by atoms with E-state index in [0.717, 1.165) is 35.8 Å². The standard InChI is InChI=1S/C17H21N5/c1-12-4-3-5-14-17(12)20-15(19-14)10-21(2)11-16-18-8-9-22(16)13-6-7-13/h3-5,8-9,13H,6-7,10-11H2,1-2H3,(H,19,20). The van der Waals surface area contributed by atoms with Gasteiger partial charge < -0.3 is 9.55 Å². The van der Waals surface area contributed by atoms with Crippen LogP contribution < -0.4 is 0 Å². The van der Waals surface area contributed by atoms with Gasteiger partial charge in [-0.05, 0) is 38.4 Å². The molecule has 2 heterocycles. The third kappa shape index (κ3) is 2.52. The van der Waals surface area contributed by atoms with Gasteiger partial charge >= 0.3 is 0 Å². The van der Waals surface area contributed by atoms with Gasteiger partial charge in [-0.2, -0.15) is 0 Å². The lowest BCUT2D eigenvalue weighted by molar-refractivity contribution is 0.298. The molecule has 5 nitrogen and oxygen atoms in total. The number of aromatic amines is 1. The highest BCUT2D eigenvalue weighted by Crippen LogP contribution is 2.35. The van der Waals surface area contributed by atoms with Crippen LogP contribution in [0.25, 0.3) is 11.0 Å². The predicted molar refractivity (Wildman–Crippen MR) is 86.5 cm³/mol. The maximum absolute atomic E-state index is 4.73. The second-order valence-electron chi connectivity index (χ2n) is 6.31. The summed E-state index contributed by atoms with van der Waals surface area (Å²) in [5.74, 6) is 2.16. The first kappa shape index (κ1) is 13.5. The third-order valence-electron chi connectivity index (χ3n) is 4.28. The van der Waals surface area contributed by atoms with E-state index in [-0.39, 0.29) is 0 Å². The van der Waals surface area contributed by atoms with Gasteiger partial charge in [-0.15, -0.1) is 0 Å². The van der Waals surface area contributed by atoms with Gasteiger partial charge in [0.2, 0.25) is 0 Å². The number of aryl methyl sites for hydroxylation is 1. The minimum atomic E-state index is 0.680. The topological polar surface area (TPSA) is 49.7 Å². The van der Waals surface area contributed by atoms with Gasteiger partial charge in [-0.25, -0.2) is 9.97 Å². The number of para-hydroxylation sites is 1. The number of H-pyrrole nitrogens is 1.